The summed E-state index contributed by atoms with van der Waals surface area (Å²) in [6, 6.07) is 11.6. The lowest BCUT2D eigenvalue weighted by Crippen LogP contribution is -2.25. The van der Waals surface area contributed by atoms with Gasteiger partial charge in [0.1, 0.15) is 0 Å². The van der Waals surface area contributed by atoms with Crippen molar-refractivity contribution in [3.05, 3.63) is 48.3 Å². The number of aliphatic carboxylic acids is 1. The topological polar surface area (TPSA) is 55.1 Å². The summed E-state index contributed by atoms with van der Waals surface area (Å²) in [5, 5.41) is 13.3. The van der Waals surface area contributed by atoms with Crippen LogP contribution >= 0.6 is 0 Å². The summed E-state index contributed by atoms with van der Waals surface area (Å²) in [4.78, 5) is 10.9. The minimum Gasteiger partial charge on any atom is -0.481 e. The second-order valence-electron chi connectivity index (χ2n) is 4.92. The largest absolute Gasteiger partial charge is 0.481 e. The molecule has 0 aliphatic rings. The van der Waals surface area contributed by atoms with Crippen molar-refractivity contribution in [2.45, 2.75) is 25.7 Å². The molecule has 18 heavy (non-hydrogen) atoms. The maximum Gasteiger partial charge on any atom is 0.304 e. The van der Waals surface area contributed by atoms with Crippen molar-refractivity contribution in [3.8, 4) is 5.69 Å². The van der Waals surface area contributed by atoms with Crippen LogP contribution in [0.4, 0.5) is 0 Å². The number of benzene rings is 1. The normalized spacial score (nSPS) is 11.4. The molecule has 0 saturated carbocycles. The van der Waals surface area contributed by atoms with E-state index >= 15 is 0 Å². The zero-order valence-corrected chi connectivity index (χ0v) is 10.5. The van der Waals surface area contributed by atoms with Crippen LogP contribution in [0.3, 0.4) is 0 Å². The summed E-state index contributed by atoms with van der Waals surface area (Å²) in [6.45, 7) is 3.83. The second kappa shape index (κ2) is 4.64. The lowest BCUT2D eigenvalue weighted by molar-refractivity contribution is -0.138. The molecule has 0 saturated heterocycles. The van der Waals surface area contributed by atoms with Crippen LogP contribution in [-0.4, -0.2) is 20.9 Å². The number of nitrogens with zero attached hydrogens (tertiary/aromatic N) is 2. The molecule has 1 N–H and O–H groups in total. The number of rotatable bonds is 4. The first kappa shape index (κ1) is 12.4. The van der Waals surface area contributed by atoms with Gasteiger partial charge in [-0.3, -0.25) is 4.79 Å². The summed E-state index contributed by atoms with van der Waals surface area (Å²) < 4.78 is 1.79. The van der Waals surface area contributed by atoms with E-state index in [1.54, 1.807) is 10.9 Å². The number of para-hydroxylation sites is 1. The van der Waals surface area contributed by atoms with Gasteiger partial charge in [0.15, 0.2) is 0 Å². The average molecular weight is 244 g/mol. The third kappa shape index (κ3) is 2.42. The first-order valence-electron chi connectivity index (χ1n) is 5.82. The molecule has 0 aliphatic carbocycles. The van der Waals surface area contributed by atoms with Gasteiger partial charge in [-0.1, -0.05) is 32.0 Å². The zero-order valence-electron chi connectivity index (χ0n) is 10.5. The first-order valence-corrected chi connectivity index (χ1v) is 5.82. The van der Waals surface area contributed by atoms with Gasteiger partial charge in [0, 0.05) is 11.6 Å². The van der Waals surface area contributed by atoms with E-state index in [1.807, 2.05) is 50.2 Å². The molecule has 1 aromatic heterocycles. The van der Waals surface area contributed by atoms with Gasteiger partial charge >= 0.3 is 5.97 Å². The number of carboxylic acid groups (broad SMARTS) is 1. The van der Waals surface area contributed by atoms with E-state index in [2.05, 4.69) is 5.10 Å². The molecule has 0 unspecified atom stereocenters. The standard InChI is InChI=1S/C14H16N2O2/c1-14(2,10-13(17)18)12-8-9-15-16(12)11-6-4-3-5-7-11/h3-9H,10H2,1-2H3,(H,17,18). The van der Waals surface area contributed by atoms with E-state index in [0.717, 1.165) is 11.4 Å². The van der Waals surface area contributed by atoms with Crippen molar-refractivity contribution in [2.75, 3.05) is 0 Å². The van der Waals surface area contributed by atoms with Crippen LogP contribution in [0.2, 0.25) is 0 Å². The summed E-state index contributed by atoms with van der Waals surface area (Å²) in [5.41, 5.74) is 1.38. The van der Waals surface area contributed by atoms with Crippen molar-refractivity contribution < 1.29 is 9.90 Å². The number of carbonyl (C=O) groups is 1. The molecule has 0 aliphatic heterocycles. The van der Waals surface area contributed by atoms with Gasteiger partial charge in [-0.05, 0) is 18.2 Å². The highest BCUT2D eigenvalue weighted by Crippen LogP contribution is 2.28. The van der Waals surface area contributed by atoms with Crippen LogP contribution in [0.1, 0.15) is 26.0 Å². The maximum absolute atomic E-state index is 10.9. The van der Waals surface area contributed by atoms with E-state index < -0.39 is 11.4 Å². The number of hydrogen-bond acceptors (Lipinski definition) is 2. The molecule has 0 bridgehead atoms. The zero-order chi connectivity index (χ0) is 13.2. The lowest BCUT2D eigenvalue weighted by Gasteiger charge is -2.23. The highest BCUT2D eigenvalue weighted by molar-refractivity contribution is 5.68. The fourth-order valence-corrected chi connectivity index (χ4v) is 2.06. The highest BCUT2D eigenvalue weighted by Gasteiger charge is 2.28. The van der Waals surface area contributed by atoms with E-state index in [-0.39, 0.29) is 6.42 Å². The maximum atomic E-state index is 10.9. The van der Waals surface area contributed by atoms with Crippen LogP contribution in [0.5, 0.6) is 0 Å². The number of carboxylic acids is 1. The fourth-order valence-electron chi connectivity index (χ4n) is 2.06. The van der Waals surface area contributed by atoms with Crippen molar-refractivity contribution >= 4 is 5.97 Å². The quantitative estimate of drug-likeness (QED) is 0.899. The van der Waals surface area contributed by atoms with Crippen molar-refractivity contribution in [3.63, 3.8) is 0 Å². The third-order valence-electron chi connectivity index (χ3n) is 2.93. The molecule has 0 fully saturated rings. The summed E-state index contributed by atoms with van der Waals surface area (Å²) in [5.74, 6) is -0.805. The molecule has 1 heterocycles. The Morgan fingerprint density at radius 2 is 1.94 bits per heavy atom. The molecule has 0 amide bonds. The molecule has 1 aromatic carbocycles. The van der Waals surface area contributed by atoms with Crippen LogP contribution in [0.15, 0.2) is 42.6 Å². The van der Waals surface area contributed by atoms with Crippen molar-refractivity contribution in [2.24, 2.45) is 0 Å². The molecular formula is C14H16N2O2. The molecule has 2 aromatic rings. The Labute approximate surface area is 106 Å². The summed E-state index contributed by atoms with van der Waals surface area (Å²) in [7, 11) is 0. The van der Waals surface area contributed by atoms with E-state index in [1.165, 1.54) is 0 Å². The fraction of sp³-hybridized carbons (Fsp3) is 0.286. The molecular weight excluding hydrogens is 228 g/mol. The monoisotopic (exact) mass is 244 g/mol. The van der Waals surface area contributed by atoms with Crippen LogP contribution < -0.4 is 0 Å². The molecule has 94 valence electrons. The van der Waals surface area contributed by atoms with Crippen LogP contribution in [-0.2, 0) is 10.2 Å². The lowest BCUT2D eigenvalue weighted by atomic mass is 9.85. The Morgan fingerprint density at radius 3 is 2.56 bits per heavy atom. The number of aromatic nitrogens is 2. The molecule has 0 radical (unpaired) electrons. The SMILES string of the molecule is CC(C)(CC(=O)O)c1ccnn1-c1ccccc1. The average Bonchev–Trinajstić information content (AvgIpc) is 2.78. The number of hydrogen-bond donors (Lipinski definition) is 1. The first-order chi connectivity index (χ1) is 8.50. The molecule has 2 rings (SSSR count). The van der Waals surface area contributed by atoms with Gasteiger partial charge in [-0.25, -0.2) is 4.68 Å². The summed E-state index contributed by atoms with van der Waals surface area (Å²) >= 11 is 0. The highest BCUT2D eigenvalue weighted by atomic mass is 16.4. The van der Waals surface area contributed by atoms with E-state index in [0.29, 0.717) is 0 Å². The van der Waals surface area contributed by atoms with E-state index in [9.17, 15) is 4.79 Å². The Kier molecular flexibility index (Phi) is 3.19. The Morgan fingerprint density at radius 1 is 1.28 bits per heavy atom. The minimum atomic E-state index is -0.805. The molecule has 4 heteroatoms. The Balaban J connectivity index is 2.42. The van der Waals surface area contributed by atoms with Gasteiger partial charge in [0.2, 0.25) is 0 Å². The predicted molar refractivity (Wildman–Crippen MR) is 68.8 cm³/mol. The minimum absolute atomic E-state index is 0.0749. The van der Waals surface area contributed by atoms with Gasteiger partial charge in [-0.2, -0.15) is 5.10 Å². The second-order valence-corrected chi connectivity index (χ2v) is 4.92. The Hall–Kier alpha value is -2.10. The molecule has 0 spiro atoms. The molecule has 4 nitrogen and oxygen atoms in total. The molecule has 0 atom stereocenters. The van der Waals surface area contributed by atoms with E-state index in [4.69, 9.17) is 5.11 Å². The van der Waals surface area contributed by atoms with Crippen molar-refractivity contribution in [1.82, 2.24) is 9.78 Å². The summed E-state index contributed by atoms with van der Waals surface area (Å²) in [6.07, 6.45) is 1.78. The van der Waals surface area contributed by atoms with Crippen molar-refractivity contribution in [1.29, 1.82) is 0 Å². The van der Waals surface area contributed by atoms with Gasteiger partial charge in [-0.15, -0.1) is 0 Å². The smallest absolute Gasteiger partial charge is 0.304 e. The van der Waals surface area contributed by atoms with Gasteiger partial charge in [0.25, 0.3) is 0 Å². The predicted octanol–water partition coefficient (Wildman–Crippen LogP) is 2.62. The van der Waals surface area contributed by atoms with Crippen LogP contribution in [0.25, 0.3) is 5.69 Å². The van der Waals surface area contributed by atoms with Gasteiger partial charge in [0.05, 0.1) is 17.8 Å². The van der Waals surface area contributed by atoms with Gasteiger partial charge < -0.3 is 5.11 Å². The third-order valence-corrected chi connectivity index (χ3v) is 2.93. The Bertz CT molecular complexity index is 544. The van der Waals surface area contributed by atoms with Crippen LogP contribution in [0, 0.1) is 0 Å².